The van der Waals surface area contributed by atoms with E-state index in [4.69, 9.17) is 15.7 Å². The number of thiophene rings is 1. The van der Waals surface area contributed by atoms with E-state index in [1.54, 1.807) is 0 Å². The molecule has 9 aromatic rings. The maximum atomic E-state index is 6.85. The van der Waals surface area contributed by atoms with Gasteiger partial charge in [0.2, 0.25) is 0 Å². The van der Waals surface area contributed by atoms with E-state index in [2.05, 4.69) is 152 Å². The number of nitrogens with zero attached hydrogens (tertiary/aromatic N) is 2. The van der Waals surface area contributed by atoms with Crippen molar-refractivity contribution in [3.05, 3.63) is 205 Å². The number of benzene rings is 8. The molecule has 1 aromatic heterocycles. The first kappa shape index (κ1) is 32.3. The summed E-state index contributed by atoms with van der Waals surface area (Å²) in [6.07, 6.45) is 0. The van der Waals surface area contributed by atoms with Crippen molar-refractivity contribution < 1.29 is 0 Å². The van der Waals surface area contributed by atoms with Gasteiger partial charge in [-0.05, 0) is 74.0 Å². The van der Waals surface area contributed by atoms with Gasteiger partial charge in [-0.2, -0.15) is 0 Å². The molecule has 0 atom stereocenters. The predicted octanol–water partition coefficient (Wildman–Crippen LogP) is 12.6. The molecule has 0 amide bonds. The van der Waals surface area contributed by atoms with Crippen LogP contribution in [0.15, 0.2) is 198 Å². The SMILES string of the molecule is N/C(=N\C(=N/Cc1cccc2cccc(-c3cccc4sc5ccccc5c34)c12)c1cccc(-c2ccccc2)c1)c1cccc(-c2ccccc2)c1. The quantitative estimate of drug-likeness (QED) is 0.131. The van der Waals surface area contributed by atoms with Gasteiger partial charge in [0.15, 0.2) is 5.84 Å². The van der Waals surface area contributed by atoms with E-state index in [-0.39, 0.29) is 0 Å². The average Bonchev–Trinajstić information content (AvgIpc) is 3.62. The molecular weight excluding hydrogens is 663 g/mol. The molecule has 0 spiro atoms. The molecule has 0 aliphatic heterocycles. The fraction of sp³-hybridized carbons (Fsp3) is 0.0204. The summed E-state index contributed by atoms with van der Waals surface area (Å²) in [6.45, 7) is 0.431. The third-order valence-electron chi connectivity index (χ3n) is 9.80. The van der Waals surface area contributed by atoms with Crippen molar-refractivity contribution in [2.24, 2.45) is 15.7 Å². The van der Waals surface area contributed by atoms with E-state index < -0.39 is 0 Å². The van der Waals surface area contributed by atoms with Crippen molar-refractivity contribution in [2.45, 2.75) is 6.54 Å². The first-order chi connectivity index (χ1) is 26.2. The summed E-state index contributed by atoms with van der Waals surface area (Å²) in [5, 5.41) is 4.97. The van der Waals surface area contributed by atoms with Gasteiger partial charge in [0.25, 0.3) is 0 Å². The van der Waals surface area contributed by atoms with Crippen LogP contribution in [-0.2, 0) is 6.54 Å². The fourth-order valence-corrected chi connectivity index (χ4v) is 8.39. The largest absolute Gasteiger partial charge is 0.383 e. The molecule has 252 valence electrons. The molecule has 0 fully saturated rings. The Kier molecular flexibility index (Phi) is 8.64. The zero-order valence-corrected chi connectivity index (χ0v) is 29.8. The van der Waals surface area contributed by atoms with Crippen molar-refractivity contribution in [1.29, 1.82) is 0 Å². The highest BCUT2D eigenvalue weighted by Gasteiger charge is 2.15. The van der Waals surface area contributed by atoms with Crippen LogP contribution in [0.1, 0.15) is 16.7 Å². The van der Waals surface area contributed by atoms with E-state index in [9.17, 15) is 0 Å². The standard InChI is InChI=1S/C49H35N3S/c50-48(38-22-10-20-36(30-38)33-14-3-1-4-15-33)52-49(39-23-11-21-37(31-39)34-16-5-2-6-17-34)51-32-40-24-9-18-35-19-12-26-41(46(35)40)42-27-13-29-45-47(42)43-25-7-8-28-44(43)53-45/h1-31H,32H2,(H2,50,51,52). The Balaban J connectivity index is 1.18. The van der Waals surface area contributed by atoms with Crippen molar-refractivity contribution >= 4 is 54.0 Å². The third-order valence-corrected chi connectivity index (χ3v) is 10.9. The smallest absolute Gasteiger partial charge is 0.157 e. The van der Waals surface area contributed by atoms with Crippen LogP contribution in [0.2, 0.25) is 0 Å². The van der Waals surface area contributed by atoms with E-state index in [1.807, 2.05) is 47.7 Å². The second-order valence-electron chi connectivity index (χ2n) is 13.1. The van der Waals surface area contributed by atoms with Gasteiger partial charge >= 0.3 is 0 Å². The molecule has 9 rings (SSSR count). The summed E-state index contributed by atoms with van der Waals surface area (Å²) < 4.78 is 2.59. The number of rotatable bonds is 7. The lowest BCUT2D eigenvalue weighted by atomic mass is 9.92. The van der Waals surface area contributed by atoms with E-state index in [0.717, 1.165) is 38.9 Å². The van der Waals surface area contributed by atoms with E-state index in [0.29, 0.717) is 18.2 Å². The molecule has 0 unspecified atom stereocenters. The molecule has 53 heavy (non-hydrogen) atoms. The van der Waals surface area contributed by atoms with Gasteiger partial charge in [-0.1, -0.05) is 164 Å². The van der Waals surface area contributed by atoms with Gasteiger partial charge in [0.05, 0.1) is 6.54 Å². The van der Waals surface area contributed by atoms with Crippen molar-refractivity contribution in [1.82, 2.24) is 0 Å². The minimum absolute atomic E-state index is 0.418. The van der Waals surface area contributed by atoms with Crippen LogP contribution in [0, 0.1) is 0 Å². The lowest BCUT2D eigenvalue weighted by molar-refractivity contribution is 1.08. The summed E-state index contributed by atoms with van der Waals surface area (Å²) in [5.74, 6) is 1.01. The van der Waals surface area contributed by atoms with Gasteiger partial charge in [-0.3, -0.25) is 4.99 Å². The lowest BCUT2D eigenvalue weighted by Crippen LogP contribution is -2.16. The van der Waals surface area contributed by atoms with E-state index in [1.165, 1.54) is 42.1 Å². The monoisotopic (exact) mass is 697 g/mol. The maximum Gasteiger partial charge on any atom is 0.157 e. The highest BCUT2D eigenvalue weighted by Crippen LogP contribution is 2.42. The molecule has 8 aromatic carbocycles. The fourth-order valence-electron chi connectivity index (χ4n) is 7.26. The summed E-state index contributed by atoms with van der Waals surface area (Å²) in [6, 6.07) is 65.8. The Bertz CT molecular complexity index is 2810. The minimum atomic E-state index is 0.418. The normalized spacial score (nSPS) is 12.2. The third kappa shape index (κ3) is 6.41. The number of nitrogens with two attached hydrogens (primary N) is 1. The Morgan fingerprint density at radius 1 is 0.472 bits per heavy atom. The Hall–Kier alpha value is -6.62. The summed E-state index contributed by atoms with van der Waals surface area (Å²) in [4.78, 5) is 10.4. The second kappa shape index (κ2) is 14.2. The summed E-state index contributed by atoms with van der Waals surface area (Å²) >= 11 is 1.85. The molecule has 0 aliphatic carbocycles. The minimum Gasteiger partial charge on any atom is -0.383 e. The molecule has 2 N–H and O–H groups in total. The molecule has 0 saturated carbocycles. The van der Waals surface area contributed by atoms with Crippen LogP contribution in [0.4, 0.5) is 0 Å². The number of aliphatic imine (C=N–C) groups is 2. The van der Waals surface area contributed by atoms with Gasteiger partial charge in [-0.25, -0.2) is 4.99 Å². The van der Waals surface area contributed by atoms with Crippen molar-refractivity contribution in [2.75, 3.05) is 0 Å². The van der Waals surface area contributed by atoms with Gasteiger partial charge in [0.1, 0.15) is 5.84 Å². The van der Waals surface area contributed by atoms with E-state index >= 15 is 0 Å². The van der Waals surface area contributed by atoms with Crippen LogP contribution < -0.4 is 5.73 Å². The number of hydrogen-bond donors (Lipinski definition) is 1. The van der Waals surface area contributed by atoms with Gasteiger partial charge in [0, 0.05) is 31.3 Å². The van der Waals surface area contributed by atoms with Crippen LogP contribution in [0.5, 0.6) is 0 Å². The van der Waals surface area contributed by atoms with Gasteiger partial charge in [-0.15, -0.1) is 11.3 Å². The second-order valence-corrected chi connectivity index (χ2v) is 14.2. The van der Waals surface area contributed by atoms with Crippen molar-refractivity contribution in [3.63, 3.8) is 0 Å². The molecule has 3 nitrogen and oxygen atoms in total. The molecule has 4 heteroatoms. The van der Waals surface area contributed by atoms with Crippen LogP contribution in [-0.4, -0.2) is 11.7 Å². The molecule has 0 bridgehead atoms. The van der Waals surface area contributed by atoms with Crippen molar-refractivity contribution in [3.8, 4) is 33.4 Å². The Labute approximate surface area is 313 Å². The highest BCUT2D eigenvalue weighted by molar-refractivity contribution is 7.25. The summed E-state index contributed by atoms with van der Waals surface area (Å²) in [7, 11) is 0. The molecule has 0 radical (unpaired) electrons. The van der Waals surface area contributed by atoms with Crippen LogP contribution in [0.3, 0.4) is 0 Å². The number of hydrogen-bond acceptors (Lipinski definition) is 2. The summed E-state index contributed by atoms with van der Waals surface area (Å²) in [5.41, 5.74) is 16.6. The molecule has 1 heterocycles. The molecule has 0 aliphatic rings. The topological polar surface area (TPSA) is 50.7 Å². The van der Waals surface area contributed by atoms with Crippen LogP contribution in [0.25, 0.3) is 64.3 Å². The molecular formula is C49H35N3S. The Morgan fingerprint density at radius 3 is 1.75 bits per heavy atom. The highest BCUT2D eigenvalue weighted by atomic mass is 32.1. The number of fused-ring (bicyclic) bond motifs is 4. The average molecular weight is 698 g/mol. The van der Waals surface area contributed by atoms with Gasteiger partial charge < -0.3 is 5.73 Å². The lowest BCUT2D eigenvalue weighted by Gasteiger charge is -2.13. The first-order valence-corrected chi connectivity index (χ1v) is 18.6. The predicted molar refractivity (Wildman–Crippen MR) is 227 cm³/mol. The molecule has 0 saturated heterocycles. The maximum absolute atomic E-state index is 6.85. The number of amidine groups is 2. The zero-order valence-electron chi connectivity index (χ0n) is 29.0. The zero-order chi connectivity index (χ0) is 35.6. The Morgan fingerprint density at radius 2 is 1.02 bits per heavy atom. The first-order valence-electron chi connectivity index (χ1n) is 17.8. The van der Waals surface area contributed by atoms with Crippen LogP contribution >= 0.6 is 11.3 Å².